The summed E-state index contributed by atoms with van der Waals surface area (Å²) in [5.41, 5.74) is 2.11. The van der Waals surface area contributed by atoms with Crippen molar-refractivity contribution in [1.29, 1.82) is 0 Å². The molecule has 2 amide bonds. The average molecular weight is 464 g/mol. The average Bonchev–Trinajstić information content (AvgIpc) is 3.21. The fourth-order valence-electron chi connectivity index (χ4n) is 3.60. The topological polar surface area (TPSA) is 102 Å². The highest BCUT2D eigenvalue weighted by molar-refractivity contribution is 8.00. The Balaban J connectivity index is 1.59. The van der Waals surface area contributed by atoms with Gasteiger partial charge in [-0.2, -0.15) is 0 Å². The standard InChI is InChI=1S/C24H21N3O5S/c1-2-32-21-12-4-3-11-20(21)26-22(28)15-33-24(26)17-8-5-9-18(13-17)25-23(29)16-7-6-10-19(14-16)27(30)31/h3-14,24H,2,15H2,1H3,(H,25,29)/t24-/m1/s1. The number of nitrogens with zero attached hydrogens (tertiary/aromatic N) is 2. The Kier molecular flexibility index (Phi) is 6.60. The van der Waals surface area contributed by atoms with Crippen LogP contribution in [0.2, 0.25) is 0 Å². The molecule has 1 aliphatic rings. The molecule has 1 atom stereocenters. The molecule has 0 saturated carbocycles. The number of para-hydroxylation sites is 2. The maximum Gasteiger partial charge on any atom is 0.270 e. The maximum absolute atomic E-state index is 12.8. The van der Waals surface area contributed by atoms with Crippen molar-refractivity contribution in [2.75, 3.05) is 22.6 Å². The van der Waals surface area contributed by atoms with E-state index in [1.54, 1.807) is 17.0 Å². The first-order chi connectivity index (χ1) is 16.0. The summed E-state index contributed by atoms with van der Waals surface area (Å²) >= 11 is 1.50. The third-order valence-electron chi connectivity index (χ3n) is 5.04. The van der Waals surface area contributed by atoms with Gasteiger partial charge in [-0.15, -0.1) is 11.8 Å². The van der Waals surface area contributed by atoms with Crippen LogP contribution in [0.5, 0.6) is 5.75 Å². The molecule has 4 rings (SSSR count). The van der Waals surface area contributed by atoms with E-state index in [0.717, 1.165) is 5.56 Å². The predicted molar refractivity (Wildman–Crippen MR) is 128 cm³/mol. The lowest BCUT2D eigenvalue weighted by Crippen LogP contribution is -2.28. The van der Waals surface area contributed by atoms with E-state index in [4.69, 9.17) is 4.74 Å². The van der Waals surface area contributed by atoms with Gasteiger partial charge in [0.15, 0.2) is 0 Å². The summed E-state index contributed by atoms with van der Waals surface area (Å²) < 4.78 is 5.73. The van der Waals surface area contributed by atoms with Crippen LogP contribution in [-0.4, -0.2) is 29.1 Å². The minimum atomic E-state index is -0.541. The molecule has 3 aromatic rings. The number of carbonyl (C=O) groups excluding carboxylic acids is 2. The van der Waals surface area contributed by atoms with Gasteiger partial charge in [0.1, 0.15) is 11.1 Å². The second-order valence-electron chi connectivity index (χ2n) is 7.21. The fraction of sp³-hybridized carbons (Fsp3) is 0.167. The van der Waals surface area contributed by atoms with E-state index in [9.17, 15) is 19.7 Å². The molecule has 9 heteroatoms. The maximum atomic E-state index is 12.8. The number of hydrogen-bond acceptors (Lipinski definition) is 6. The lowest BCUT2D eigenvalue weighted by molar-refractivity contribution is -0.384. The number of amides is 2. The van der Waals surface area contributed by atoms with Crippen molar-refractivity contribution in [2.24, 2.45) is 0 Å². The van der Waals surface area contributed by atoms with Crippen molar-refractivity contribution in [2.45, 2.75) is 12.3 Å². The van der Waals surface area contributed by atoms with E-state index in [1.165, 1.54) is 36.0 Å². The number of nitrogens with one attached hydrogen (secondary N) is 1. The Labute approximate surface area is 194 Å². The molecule has 168 valence electrons. The van der Waals surface area contributed by atoms with Gasteiger partial charge in [-0.05, 0) is 42.8 Å². The van der Waals surface area contributed by atoms with Crippen LogP contribution in [0.15, 0.2) is 72.8 Å². The Bertz CT molecular complexity index is 1220. The lowest BCUT2D eigenvalue weighted by atomic mass is 10.1. The van der Waals surface area contributed by atoms with Crippen LogP contribution in [0.3, 0.4) is 0 Å². The highest BCUT2D eigenvalue weighted by Gasteiger charge is 2.35. The Morgan fingerprint density at radius 2 is 1.94 bits per heavy atom. The van der Waals surface area contributed by atoms with Crippen LogP contribution in [0, 0.1) is 10.1 Å². The monoisotopic (exact) mass is 463 g/mol. The Morgan fingerprint density at radius 3 is 2.73 bits per heavy atom. The van der Waals surface area contributed by atoms with Gasteiger partial charge in [-0.25, -0.2) is 0 Å². The minimum Gasteiger partial charge on any atom is -0.492 e. The van der Waals surface area contributed by atoms with E-state index in [0.29, 0.717) is 29.5 Å². The first-order valence-corrected chi connectivity index (χ1v) is 11.3. The van der Waals surface area contributed by atoms with Crippen molar-refractivity contribution in [3.8, 4) is 5.75 Å². The van der Waals surface area contributed by atoms with Crippen LogP contribution in [-0.2, 0) is 4.79 Å². The van der Waals surface area contributed by atoms with Crippen LogP contribution < -0.4 is 15.0 Å². The van der Waals surface area contributed by atoms with E-state index in [2.05, 4.69) is 5.32 Å². The number of rotatable bonds is 7. The summed E-state index contributed by atoms with van der Waals surface area (Å²) in [6.07, 6.45) is 0. The summed E-state index contributed by atoms with van der Waals surface area (Å²) in [4.78, 5) is 37.6. The largest absolute Gasteiger partial charge is 0.492 e. The summed E-state index contributed by atoms with van der Waals surface area (Å²) in [6.45, 7) is 2.37. The second kappa shape index (κ2) is 9.74. The molecule has 1 fully saturated rings. The Hall–Kier alpha value is -3.85. The van der Waals surface area contributed by atoms with E-state index in [1.807, 2.05) is 43.3 Å². The summed E-state index contributed by atoms with van der Waals surface area (Å²) in [5, 5.41) is 13.5. The number of nitro groups is 1. The smallest absolute Gasteiger partial charge is 0.270 e. The molecule has 1 saturated heterocycles. The van der Waals surface area contributed by atoms with Crippen molar-refractivity contribution in [3.63, 3.8) is 0 Å². The molecule has 0 spiro atoms. The zero-order valence-corrected chi connectivity index (χ0v) is 18.6. The molecule has 0 unspecified atom stereocenters. The molecule has 3 aromatic carbocycles. The third kappa shape index (κ3) is 4.83. The molecule has 8 nitrogen and oxygen atoms in total. The number of nitro benzene ring substituents is 1. The van der Waals surface area contributed by atoms with Gasteiger partial charge in [0.25, 0.3) is 11.6 Å². The van der Waals surface area contributed by atoms with Gasteiger partial charge in [-0.3, -0.25) is 24.6 Å². The van der Waals surface area contributed by atoms with Crippen molar-refractivity contribution >= 4 is 40.6 Å². The minimum absolute atomic E-state index is 0.0248. The zero-order valence-electron chi connectivity index (χ0n) is 17.8. The summed E-state index contributed by atoms with van der Waals surface area (Å²) in [6, 6.07) is 20.2. The number of benzene rings is 3. The van der Waals surface area contributed by atoms with Gasteiger partial charge in [0.05, 0.1) is 23.0 Å². The Morgan fingerprint density at radius 1 is 1.15 bits per heavy atom. The normalized spacial score (nSPS) is 15.4. The van der Waals surface area contributed by atoms with Crippen molar-refractivity contribution in [3.05, 3.63) is 94.0 Å². The van der Waals surface area contributed by atoms with Crippen molar-refractivity contribution < 1.29 is 19.2 Å². The molecule has 0 bridgehead atoms. The number of thioether (sulfide) groups is 1. The molecule has 0 aliphatic carbocycles. The third-order valence-corrected chi connectivity index (χ3v) is 6.25. The van der Waals surface area contributed by atoms with Crippen LogP contribution in [0.4, 0.5) is 17.1 Å². The first kappa shape index (κ1) is 22.3. The number of carbonyl (C=O) groups is 2. The van der Waals surface area contributed by atoms with Gasteiger partial charge >= 0.3 is 0 Å². The van der Waals surface area contributed by atoms with Crippen LogP contribution in [0.1, 0.15) is 28.2 Å². The van der Waals surface area contributed by atoms with Crippen molar-refractivity contribution in [1.82, 2.24) is 0 Å². The highest BCUT2D eigenvalue weighted by Crippen LogP contribution is 2.45. The molecule has 0 aromatic heterocycles. The number of non-ortho nitro benzene ring substituents is 1. The first-order valence-electron chi connectivity index (χ1n) is 10.3. The van der Waals surface area contributed by atoms with Crippen LogP contribution in [0.25, 0.3) is 0 Å². The molecule has 1 aliphatic heterocycles. The SMILES string of the molecule is CCOc1ccccc1N1C(=O)CS[C@@H]1c1cccc(NC(=O)c2cccc([N+](=O)[O-])c2)c1. The van der Waals surface area contributed by atoms with E-state index < -0.39 is 10.8 Å². The molecular formula is C24H21N3O5S. The quantitative estimate of drug-likeness (QED) is 0.390. The lowest BCUT2D eigenvalue weighted by Gasteiger charge is -2.26. The number of ether oxygens (including phenoxy) is 1. The van der Waals surface area contributed by atoms with Gasteiger partial charge in [0, 0.05) is 23.4 Å². The molecular weight excluding hydrogens is 442 g/mol. The predicted octanol–water partition coefficient (Wildman–Crippen LogP) is 5.02. The number of hydrogen-bond donors (Lipinski definition) is 1. The van der Waals surface area contributed by atoms with Crippen LogP contribution >= 0.6 is 11.8 Å². The highest BCUT2D eigenvalue weighted by atomic mass is 32.2. The molecule has 0 radical (unpaired) electrons. The molecule has 1 N–H and O–H groups in total. The van der Waals surface area contributed by atoms with Gasteiger partial charge in [-0.1, -0.05) is 30.3 Å². The summed E-state index contributed by atoms with van der Waals surface area (Å²) in [5.74, 6) is 0.485. The van der Waals surface area contributed by atoms with E-state index in [-0.39, 0.29) is 22.5 Å². The van der Waals surface area contributed by atoms with Gasteiger partial charge in [0.2, 0.25) is 5.91 Å². The molecule has 33 heavy (non-hydrogen) atoms. The fourth-order valence-corrected chi connectivity index (χ4v) is 4.76. The molecule has 1 heterocycles. The second-order valence-corrected chi connectivity index (χ2v) is 8.28. The summed E-state index contributed by atoms with van der Waals surface area (Å²) in [7, 11) is 0. The number of anilines is 2. The zero-order chi connectivity index (χ0) is 23.4. The van der Waals surface area contributed by atoms with Gasteiger partial charge < -0.3 is 10.1 Å². The van der Waals surface area contributed by atoms with E-state index >= 15 is 0 Å².